The molecule has 0 radical (unpaired) electrons. The van der Waals surface area contributed by atoms with E-state index in [1.165, 1.54) is 5.56 Å². The summed E-state index contributed by atoms with van der Waals surface area (Å²) in [7, 11) is 1.68. The maximum atomic E-state index is 6.35. The molecule has 0 aromatic heterocycles. The lowest BCUT2D eigenvalue weighted by Gasteiger charge is -2.24. The molecule has 1 aromatic rings. The Morgan fingerprint density at radius 3 is 2.39 bits per heavy atom. The van der Waals surface area contributed by atoms with E-state index in [-0.39, 0.29) is 6.04 Å². The molecule has 0 aliphatic rings. The number of hydrogen-bond donors (Lipinski definition) is 2. The Hall–Kier alpha value is -1.06. The standard InChI is InChI=1S/C15H26N2O/c1-5-11(9-16)15(17)13-8-12(10(2)3)6-7-14(13)18-4/h6-8,10-11,15H,5,9,16-17H2,1-4H3. The molecule has 0 heterocycles. The van der Waals surface area contributed by atoms with Crippen LogP contribution < -0.4 is 16.2 Å². The Morgan fingerprint density at radius 2 is 1.94 bits per heavy atom. The molecule has 102 valence electrons. The number of rotatable bonds is 6. The van der Waals surface area contributed by atoms with E-state index in [1.54, 1.807) is 7.11 Å². The van der Waals surface area contributed by atoms with Crippen molar-refractivity contribution in [2.75, 3.05) is 13.7 Å². The Morgan fingerprint density at radius 1 is 1.28 bits per heavy atom. The minimum Gasteiger partial charge on any atom is -0.496 e. The van der Waals surface area contributed by atoms with Gasteiger partial charge in [-0.15, -0.1) is 0 Å². The van der Waals surface area contributed by atoms with Gasteiger partial charge in [0, 0.05) is 11.6 Å². The van der Waals surface area contributed by atoms with Crippen LogP contribution in [0.15, 0.2) is 18.2 Å². The van der Waals surface area contributed by atoms with Crippen LogP contribution in [0.2, 0.25) is 0 Å². The van der Waals surface area contributed by atoms with Crippen molar-refractivity contribution in [2.45, 2.75) is 39.2 Å². The Balaban J connectivity index is 3.14. The molecule has 18 heavy (non-hydrogen) atoms. The van der Waals surface area contributed by atoms with Crippen LogP contribution >= 0.6 is 0 Å². The predicted octanol–water partition coefficient (Wildman–Crippen LogP) is 2.80. The third-order valence-electron chi connectivity index (χ3n) is 3.61. The fraction of sp³-hybridized carbons (Fsp3) is 0.600. The largest absolute Gasteiger partial charge is 0.496 e. The van der Waals surface area contributed by atoms with Crippen molar-refractivity contribution in [3.8, 4) is 5.75 Å². The van der Waals surface area contributed by atoms with Crippen LogP contribution in [0.5, 0.6) is 5.75 Å². The maximum absolute atomic E-state index is 6.35. The van der Waals surface area contributed by atoms with E-state index in [0.29, 0.717) is 18.4 Å². The Bertz CT molecular complexity index is 373. The molecule has 3 heteroatoms. The van der Waals surface area contributed by atoms with Gasteiger partial charge in [0.25, 0.3) is 0 Å². The summed E-state index contributed by atoms with van der Waals surface area (Å²) in [5.41, 5.74) is 14.5. The van der Waals surface area contributed by atoms with Crippen molar-refractivity contribution in [1.29, 1.82) is 0 Å². The summed E-state index contributed by atoms with van der Waals surface area (Å²) in [6, 6.07) is 6.21. The van der Waals surface area contributed by atoms with Crippen LogP contribution in [0.1, 0.15) is 50.3 Å². The van der Waals surface area contributed by atoms with Crippen molar-refractivity contribution in [2.24, 2.45) is 17.4 Å². The molecular weight excluding hydrogens is 224 g/mol. The second-order valence-electron chi connectivity index (χ2n) is 5.09. The van der Waals surface area contributed by atoms with Gasteiger partial charge in [-0.25, -0.2) is 0 Å². The molecule has 3 nitrogen and oxygen atoms in total. The number of hydrogen-bond acceptors (Lipinski definition) is 3. The highest BCUT2D eigenvalue weighted by Crippen LogP contribution is 2.32. The first-order valence-electron chi connectivity index (χ1n) is 6.68. The van der Waals surface area contributed by atoms with Crippen LogP contribution in [-0.2, 0) is 0 Å². The molecular formula is C15H26N2O. The van der Waals surface area contributed by atoms with Gasteiger partial charge in [0.15, 0.2) is 0 Å². The van der Waals surface area contributed by atoms with E-state index in [1.807, 2.05) is 6.07 Å². The lowest BCUT2D eigenvalue weighted by atomic mass is 9.89. The van der Waals surface area contributed by atoms with Gasteiger partial charge < -0.3 is 16.2 Å². The molecule has 0 aliphatic heterocycles. The molecule has 0 saturated carbocycles. The quantitative estimate of drug-likeness (QED) is 0.816. The monoisotopic (exact) mass is 250 g/mol. The first kappa shape index (κ1) is 15.0. The fourth-order valence-electron chi connectivity index (χ4n) is 2.19. The van der Waals surface area contributed by atoms with Gasteiger partial charge in [-0.3, -0.25) is 0 Å². The second-order valence-corrected chi connectivity index (χ2v) is 5.09. The van der Waals surface area contributed by atoms with E-state index < -0.39 is 0 Å². The highest BCUT2D eigenvalue weighted by Gasteiger charge is 2.20. The van der Waals surface area contributed by atoms with Crippen LogP contribution in [-0.4, -0.2) is 13.7 Å². The predicted molar refractivity (Wildman–Crippen MR) is 76.8 cm³/mol. The molecule has 0 aliphatic carbocycles. The minimum atomic E-state index is -0.0614. The molecule has 0 saturated heterocycles. The molecule has 2 unspecified atom stereocenters. The number of ether oxygens (including phenoxy) is 1. The maximum Gasteiger partial charge on any atom is 0.123 e. The van der Waals surface area contributed by atoms with Crippen LogP contribution in [0, 0.1) is 5.92 Å². The Labute approximate surface area is 111 Å². The Kier molecular flexibility index (Phi) is 5.63. The molecule has 2 atom stereocenters. The van der Waals surface area contributed by atoms with E-state index in [0.717, 1.165) is 17.7 Å². The third-order valence-corrected chi connectivity index (χ3v) is 3.61. The van der Waals surface area contributed by atoms with Gasteiger partial charge in [0.1, 0.15) is 5.75 Å². The summed E-state index contributed by atoms with van der Waals surface area (Å²) in [6.45, 7) is 7.08. The first-order chi connectivity index (χ1) is 8.54. The summed E-state index contributed by atoms with van der Waals surface area (Å²) in [4.78, 5) is 0. The summed E-state index contributed by atoms with van der Waals surface area (Å²) in [5, 5.41) is 0. The highest BCUT2D eigenvalue weighted by atomic mass is 16.5. The van der Waals surface area contributed by atoms with Gasteiger partial charge in [-0.05, 0) is 30.0 Å². The molecule has 0 spiro atoms. The number of benzene rings is 1. The van der Waals surface area contributed by atoms with Crippen molar-refractivity contribution in [3.63, 3.8) is 0 Å². The van der Waals surface area contributed by atoms with Crippen molar-refractivity contribution < 1.29 is 4.74 Å². The van der Waals surface area contributed by atoms with Crippen molar-refractivity contribution in [3.05, 3.63) is 29.3 Å². The first-order valence-corrected chi connectivity index (χ1v) is 6.68. The van der Waals surface area contributed by atoms with E-state index in [4.69, 9.17) is 16.2 Å². The van der Waals surface area contributed by atoms with E-state index in [2.05, 4.69) is 32.9 Å². The molecule has 4 N–H and O–H groups in total. The summed E-state index contributed by atoms with van der Waals surface area (Å²) >= 11 is 0. The van der Waals surface area contributed by atoms with Gasteiger partial charge in [0.05, 0.1) is 7.11 Å². The van der Waals surface area contributed by atoms with Crippen LogP contribution in [0.3, 0.4) is 0 Å². The van der Waals surface area contributed by atoms with Gasteiger partial charge in [0.2, 0.25) is 0 Å². The number of nitrogens with two attached hydrogens (primary N) is 2. The van der Waals surface area contributed by atoms with Crippen LogP contribution in [0.4, 0.5) is 0 Å². The average molecular weight is 250 g/mol. The fourth-order valence-corrected chi connectivity index (χ4v) is 2.19. The normalized spacial score (nSPS) is 14.6. The SMILES string of the molecule is CCC(CN)C(N)c1cc(C(C)C)ccc1OC. The zero-order valence-corrected chi connectivity index (χ0v) is 11.9. The highest BCUT2D eigenvalue weighted by molar-refractivity contribution is 5.40. The topological polar surface area (TPSA) is 61.3 Å². The van der Waals surface area contributed by atoms with Gasteiger partial charge in [-0.1, -0.05) is 39.3 Å². The van der Waals surface area contributed by atoms with Crippen LogP contribution in [0.25, 0.3) is 0 Å². The molecule has 0 fully saturated rings. The van der Waals surface area contributed by atoms with Gasteiger partial charge >= 0.3 is 0 Å². The summed E-state index contributed by atoms with van der Waals surface area (Å²) < 4.78 is 5.42. The molecule has 0 bridgehead atoms. The molecule has 1 aromatic carbocycles. The van der Waals surface area contributed by atoms with Gasteiger partial charge in [-0.2, -0.15) is 0 Å². The molecule has 1 rings (SSSR count). The molecule has 0 amide bonds. The third kappa shape index (κ3) is 3.24. The average Bonchev–Trinajstić information content (AvgIpc) is 2.39. The second kappa shape index (κ2) is 6.76. The van der Waals surface area contributed by atoms with E-state index >= 15 is 0 Å². The lowest BCUT2D eigenvalue weighted by molar-refractivity contribution is 0.380. The zero-order chi connectivity index (χ0) is 13.7. The smallest absolute Gasteiger partial charge is 0.123 e. The summed E-state index contributed by atoms with van der Waals surface area (Å²) in [5.74, 6) is 1.64. The van der Waals surface area contributed by atoms with E-state index in [9.17, 15) is 0 Å². The number of methoxy groups -OCH3 is 1. The minimum absolute atomic E-state index is 0.0614. The zero-order valence-electron chi connectivity index (χ0n) is 11.9. The lowest BCUT2D eigenvalue weighted by Crippen LogP contribution is -2.28. The van der Waals surface area contributed by atoms with Crippen molar-refractivity contribution in [1.82, 2.24) is 0 Å². The summed E-state index contributed by atoms with van der Waals surface area (Å²) in [6.07, 6.45) is 0.979. The van der Waals surface area contributed by atoms with Crippen molar-refractivity contribution >= 4 is 0 Å².